The summed E-state index contributed by atoms with van der Waals surface area (Å²) in [6, 6.07) is 10.2. The van der Waals surface area contributed by atoms with E-state index in [1.807, 2.05) is 36.9 Å². The molecule has 30 heavy (non-hydrogen) atoms. The molecule has 1 aliphatic heterocycles. The second-order valence-corrected chi connectivity index (χ2v) is 7.60. The Hall–Kier alpha value is -2.64. The number of hydrogen-bond acceptors (Lipinski definition) is 5. The number of nitrogens with one attached hydrogen (secondary N) is 1. The summed E-state index contributed by atoms with van der Waals surface area (Å²) in [6.45, 7) is 6.88. The molecule has 1 aromatic carbocycles. The van der Waals surface area contributed by atoms with Crippen molar-refractivity contribution in [1.82, 2.24) is 15.2 Å². The first-order valence-corrected chi connectivity index (χ1v) is 10.5. The van der Waals surface area contributed by atoms with E-state index >= 15 is 0 Å². The number of rotatable bonds is 8. The van der Waals surface area contributed by atoms with Crippen LogP contribution in [0.2, 0.25) is 5.02 Å². The summed E-state index contributed by atoms with van der Waals surface area (Å²) in [5.41, 5.74) is 1.70. The van der Waals surface area contributed by atoms with Crippen molar-refractivity contribution in [3.8, 4) is 0 Å². The van der Waals surface area contributed by atoms with Gasteiger partial charge >= 0.3 is 0 Å². The Bertz CT molecular complexity index is 896. The van der Waals surface area contributed by atoms with Gasteiger partial charge in [-0.2, -0.15) is 5.10 Å². The van der Waals surface area contributed by atoms with Gasteiger partial charge in [-0.25, -0.2) is 5.01 Å². The first kappa shape index (κ1) is 22.1. The van der Waals surface area contributed by atoms with Gasteiger partial charge in [-0.3, -0.25) is 14.5 Å². The highest BCUT2D eigenvalue weighted by molar-refractivity contribution is 6.30. The van der Waals surface area contributed by atoms with Gasteiger partial charge in [0.15, 0.2) is 0 Å². The highest BCUT2D eigenvalue weighted by Gasteiger charge is 2.38. The highest BCUT2D eigenvalue weighted by atomic mass is 35.5. The van der Waals surface area contributed by atoms with Gasteiger partial charge in [0.25, 0.3) is 5.91 Å². The van der Waals surface area contributed by atoms with Gasteiger partial charge in [-0.05, 0) is 50.2 Å². The number of carbonyl (C=O) groups is 2. The van der Waals surface area contributed by atoms with E-state index in [0.717, 1.165) is 11.3 Å². The molecule has 3 rings (SSSR count). The molecule has 8 heteroatoms. The predicted molar refractivity (Wildman–Crippen MR) is 116 cm³/mol. The molecule has 0 spiro atoms. The van der Waals surface area contributed by atoms with Gasteiger partial charge in [-0.1, -0.05) is 30.7 Å². The van der Waals surface area contributed by atoms with Crippen molar-refractivity contribution >= 4 is 29.1 Å². The molecule has 2 atom stereocenters. The van der Waals surface area contributed by atoms with Crippen LogP contribution in [0.15, 0.2) is 52.2 Å². The van der Waals surface area contributed by atoms with E-state index in [2.05, 4.69) is 10.4 Å². The number of amides is 2. The van der Waals surface area contributed by atoms with E-state index in [9.17, 15) is 9.59 Å². The van der Waals surface area contributed by atoms with Crippen LogP contribution in [0.4, 0.5) is 0 Å². The molecule has 0 aliphatic carbocycles. The van der Waals surface area contributed by atoms with Gasteiger partial charge in [0, 0.05) is 18.0 Å². The Kier molecular flexibility index (Phi) is 7.29. The van der Waals surface area contributed by atoms with E-state index in [-0.39, 0.29) is 24.4 Å². The number of likely N-dealkylation sites (N-methyl/N-ethyl adjacent to an activating group) is 2. The van der Waals surface area contributed by atoms with Crippen LogP contribution in [0.1, 0.15) is 44.6 Å². The normalized spacial score (nSPS) is 17.2. The van der Waals surface area contributed by atoms with Crippen molar-refractivity contribution < 1.29 is 14.0 Å². The molecule has 1 aromatic heterocycles. The van der Waals surface area contributed by atoms with Gasteiger partial charge in [0.2, 0.25) is 5.91 Å². The fourth-order valence-electron chi connectivity index (χ4n) is 3.54. The quantitative estimate of drug-likeness (QED) is 0.695. The molecule has 0 radical (unpaired) electrons. The van der Waals surface area contributed by atoms with E-state index in [1.165, 1.54) is 5.01 Å². The summed E-state index contributed by atoms with van der Waals surface area (Å²) in [6.07, 6.45) is 2.13. The van der Waals surface area contributed by atoms with Crippen LogP contribution in [0.5, 0.6) is 0 Å². The van der Waals surface area contributed by atoms with Crippen LogP contribution in [0.25, 0.3) is 0 Å². The molecule has 2 unspecified atom stereocenters. The van der Waals surface area contributed by atoms with Crippen molar-refractivity contribution in [2.75, 3.05) is 19.6 Å². The minimum absolute atomic E-state index is 0.103. The van der Waals surface area contributed by atoms with Crippen LogP contribution in [0, 0.1) is 0 Å². The van der Waals surface area contributed by atoms with E-state index in [1.54, 1.807) is 31.4 Å². The summed E-state index contributed by atoms with van der Waals surface area (Å²) >= 11 is 6.01. The number of hydrogen-bond donors (Lipinski definition) is 1. The first-order valence-electron chi connectivity index (χ1n) is 10.1. The SMILES string of the molecule is CCNC(=O)CN(CC)C(C)C(=O)N1N=C(c2ccc(Cl)cc2)CC1c1ccco1. The Morgan fingerprint density at radius 1 is 1.30 bits per heavy atom. The Morgan fingerprint density at radius 3 is 2.63 bits per heavy atom. The lowest BCUT2D eigenvalue weighted by molar-refractivity contribution is -0.139. The summed E-state index contributed by atoms with van der Waals surface area (Å²) in [5.74, 6) is 0.398. The largest absolute Gasteiger partial charge is 0.467 e. The molecule has 7 nitrogen and oxygen atoms in total. The Morgan fingerprint density at radius 2 is 2.03 bits per heavy atom. The minimum Gasteiger partial charge on any atom is -0.467 e. The van der Waals surface area contributed by atoms with Crippen molar-refractivity contribution in [3.63, 3.8) is 0 Å². The number of carbonyl (C=O) groups excluding carboxylic acids is 2. The van der Waals surface area contributed by atoms with Crippen LogP contribution >= 0.6 is 11.6 Å². The molecular formula is C22H27ClN4O3. The first-order chi connectivity index (χ1) is 14.4. The molecule has 1 N–H and O–H groups in total. The van der Waals surface area contributed by atoms with Crippen LogP contribution < -0.4 is 5.32 Å². The Labute approximate surface area is 181 Å². The maximum atomic E-state index is 13.4. The average molecular weight is 431 g/mol. The standard InChI is InChI=1S/C22H27ClN4O3/c1-4-24-21(28)14-26(5-2)15(3)22(29)27-19(20-7-6-12-30-20)13-18(25-27)16-8-10-17(23)11-9-16/h6-12,15,19H,4-5,13-14H2,1-3H3,(H,24,28). The molecule has 2 amide bonds. The summed E-state index contributed by atoms with van der Waals surface area (Å²) in [4.78, 5) is 27.3. The zero-order valence-electron chi connectivity index (χ0n) is 17.5. The van der Waals surface area contributed by atoms with E-state index in [4.69, 9.17) is 16.0 Å². The van der Waals surface area contributed by atoms with Crippen LogP contribution in [-0.4, -0.2) is 53.1 Å². The molecule has 2 heterocycles. The number of hydrazone groups is 1. The third-order valence-electron chi connectivity index (χ3n) is 5.22. The number of halogens is 1. The van der Waals surface area contributed by atoms with Crippen molar-refractivity contribution in [3.05, 3.63) is 59.0 Å². The third kappa shape index (κ3) is 4.91. The third-order valence-corrected chi connectivity index (χ3v) is 5.47. The van der Waals surface area contributed by atoms with Gasteiger partial charge in [0.05, 0.1) is 24.6 Å². The monoisotopic (exact) mass is 430 g/mol. The maximum absolute atomic E-state index is 13.4. The molecule has 160 valence electrons. The predicted octanol–water partition coefficient (Wildman–Crippen LogP) is 3.46. The molecule has 2 aromatic rings. The number of nitrogens with zero attached hydrogens (tertiary/aromatic N) is 3. The Balaban J connectivity index is 1.85. The molecule has 0 fully saturated rings. The lowest BCUT2D eigenvalue weighted by Crippen LogP contribution is -2.49. The second kappa shape index (κ2) is 9.91. The van der Waals surface area contributed by atoms with Crippen molar-refractivity contribution in [2.24, 2.45) is 5.10 Å². The number of benzene rings is 1. The van der Waals surface area contributed by atoms with Gasteiger partial charge in [-0.15, -0.1) is 0 Å². The molecule has 1 aliphatic rings. The van der Waals surface area contributed by atoms with E-state index < -0.39 is 6.04 Å². The zero-order valence-corrected chi connectivity index (χ0v) is 18.2. The fraction of sp³-hybridized carbons (Fsp3) is 0.409. The minimum atomic E-state index is -0.511. The van der Waals surface area contributed by atoms with Crippen LogP contribution in [0.3, 0.4) is 0 Å². The number of furan rings is 1. The van der Waals surface area contributed by atoms with Crippen molar-refractivity contribution in [2.45, 2.75) is 39.3 Å². The fourth-order valence-corrected chi connectivity index (χ4v) is 3.67. The average Bonchev–Trinajstić information content (AvgIpc) is 3.41. The summed E-state index contributed by atoms with van der Waals surface area (Å²) < 4.78 is 5.60. The van der Waals surface area contributed by atoms with Gasteiger partial charge in [0.1, 0.15) is 11.8 Å². The molecule has 0 bridgehead atoms. The van der Waals surface area contributed by atoms with Crippen LogP contribution in [-0.2, 0) is 9.59 Å². The highest BCUT2D eigenvalue weighted by Crippen LogP contribution is 2.34. The van der Waals surface area contributed by atoms with E-state index in [0.29, 0.717) is 30.3 Å². The lowest BCUT2D eigenvalue weighted by Gasteiger charge is -2.30. The molecule has 0 saturated heterocycles. The van der Waals surface area contributed by atoms with Gasteiger partial charge < -0.3 is 9.73 Å². The molecular weight excluding hydrogens is 404 g/mol. The topological polar surface area (TPSA) is 78.2 Å². The lowest BCUT2D eigenvalue weighted by atomic mass is 10.0. The maximum Gasteiger partial charge on any atom is 0.260 e. The smallest absolute Gasteiger partial charge is 0.260 e. The molecule has 0 saturated carbocycles. The van der Waals surface area contributed by atoms with Crippen molar-refractivity contribution in [1.29, 1.82) is 0 Å². The summed E-state index contributed by atoms with van der Waals surface area (Å²) in [7, 11) is 0. The zero-order chi connectivity index (χ0) is 21.7. The summed E-state index contributed by atoms with van der Waals surface area (Å²) in [5, 5.41) is 9.57. The second-order valence-electron chi connectivity index (χ2n) is 7.16.